The van der Waals surface area contributed by atoms with Gasteiger partial charge in [0.25, 0.3) is 0 Å². The highest BCUT2D eigenvalue weighted by Gasteiger charge is 2.12. The maximum Gasteiger partial charge on any atom is 0.0239 e. The molecule has 0 fully saturated rings. The Labute approximate surface area is 65.2 Å². The van der Waals surface area contributed by atoms with Crippen molar-refractivity contribution in [2.45, 2.75) is 38.8 Å². The zero-order chi connectivity index (χ0) is 8.04. The fourth-order valence-corrected chi connectivity index (χ4v) is 0.900. The molecule has 0 amide bonds. The number of hydrogen-bond acceptors (Lipinski definition) is 1. The summed E-state index contributed by atoms with van der Waals surface area (Å²) >= 11 is 0. The lowest BCUT2D eigenvalue weighted by molar-refractivity contribution is 0.643. The number of allylic oxidation sites excluding steroid dienone is 2. The van der Waals surface area contributed by atoms with Crippen LogP contribution in [0.1, 0.15) is 33.6 Å². The van der Waals surface area contributed by atoms with Gasteiger partial charge in [0.1, 0.15) is 0 Å². The highest BCUT2D eigenvalue weighted by Crippen LogP contribution is 2.27. The molecule has 10 heavy (non-hydrogen) atoms. The van der Waals surface area contributed by atoms with Crippen LogP contribution in [0.15, 0.2) is 12.2 Å². The molecule has 2 heteroatoms. The minimum absolute atomic E-state index is 0.180. The molecular weight excluding hydrogens is 141 g/mol. The predicted octanol–water partition coefficient (Wildman–Crippen LogP) is 3.83. The Balaban J connectivity index is 3.56. The lowest BCUT2D eigenvalue weighted by Crippen LogP contribution is -2.08. The Morgan fingerprint density at radius 3 is 2.50 bits per heavy atom. The molecule has 0 bridgehead atoms. The molecule has 1 nitrogen and oxygen atoms in total. The van der Waals surface area contributed by atoms with Crippen molar-refractivity contribution < 1.29 is 0 Å². The lowest BCUT2D eigenvalue weighted by Gasteiger charge is -2.14. The third-order valence-corrected chi connectivity index (χ3v) is 2.29. The third kappa shape index (κ3) is 4.69. The van der Waals surface area contributed by atoms with E-state index < -0.39 is 0 Å². The SMILES string of the molecule is C/C=C/CCC(C)(C)P=N. The summed E-state index contributed by atoms with van der Waals surface area (Å²) in [5.74, 6) is 0. The van der Waals surface area contributed by atoms with Crippen LogP contribution in [0.25, 0.3) is 0 Å². The van der Waals surface area contributed by atoms with Gasteiger partial charge in [-0.15, -0.1) is 0 Å². The van der Waals surface area contributed by atoms with Crippen molar-refractivity contribution in [2.24, 2.45) is 0 Å². The zero-order valence-electron chi connectivity index (χ0n) is 7.02. The summed E-state index contributed by atoms with van der Waals surface area (Å²) < 4.78 is 0. The Bertz CT molecular complexity index is 127. The molecule has 0 saturated heterocycles. The molecule has 0 spiro atoms. The lowest BCUT2D eigenvalue weighted by atomic mass is 10.1. The van der Waals surface area contributed by atoms with Gasteiger partial charge < -0.3 is 0 Å². The number of rotatable bonds is 4. The van der Waals surface area contributed by atoms with Gasteiger partial charge in [0, 0.05) is 13.5 Å². The Kier molecular flexibility index (Phi) is 4.55. The molecule has 0 atom stereocenters. The summed E-state index contributed by atoms with van der Waals surface area (Å²) in [6.07, 6.45) is 6.45. The molecule has 58 valence electrons. The van der Waals surface area contributed by atoms with E-state index >= 15 is 0 Å². The predicted molar refractivity (Wildman–Crippen MR) is 47.8 cm³/mol. The van der Waals surface area contributed by atoms with E-state index in [2.05, 4.69) is 26.0 Å². The average molecular weight is 157 g/mol. The van der Waals surface area contributed by atoms with Crippen LogP contribution in [-0.2, 0) is 0 Å². The minimum atomic E-state index is 0.180. The van der Waals surface area contributed by atoms with Gasteiger partial charge in [0.2, 0.25) is 0 Å². The summed E-state index contributed by atoms with van der Waals surface area (Å²) in [5, 5.41) is 7.37. The van der Waals surface area contributed by atoms with Gasteiger partial charge in [0.05, 0.1) is 0 Å². The maximum absolute atomic E-state index is 7.19. The molecule has 0 rings (SSSR count). The normalized spacial score (nSPS) is 13.1. The van der Waals surface area contributed by atoms with Crippen LogP contribution in [0.5, 0.6) is 0 Å². The molecule has 1 N–H and O–H groups in total. The minimum Gasteiger partial charge on any atom is -0.283 e. The molecule has 0 aliphatic carbocycles. The quantitative estimate of drug-likeness (QED) is 0.473. The first kappa shape index (κ1) is 9.84. The van der Waals surface area contributed by atoms with Crippen LogP contribution in [0.4, 0.5) is 0 Å². The molecular formula is C8H16NP. The van der Waals surface area contributed by atoms with Crippen molar-refractivity contribution in [1.82, 2.24) is 0 Å². The second-order valence-corrected chi connectivity index (χ2v) is 4.47. The van der Waals surface area contributed by atoms with Gasteiger partial charge >= 0.3 is 0 Å². The average Bonchev–Trinajstić information content (AvgIpc) is 1.89. The first-order valence-corrected chi connectivity index (χ1v) is 4.51. The van der Waals surface area contributed by atoms with Crippen LogP contribution in [0.3, 0.4) is 0 Å². The highest BCUT2D eigenvalue weighted by atomic mass is 31.1. The van der Waals surface area contributed by atoms with Crippen molar-refractivity contribution in [3.63, 3.8) is 0 Å². The summed E-state index contributed by atoms with van der Waals surface area (Å²) in [6, 6.07) is 0. The second-order valence-electron chi connectivity index (χ2n) is 3.03. The van der Waals surface area contributed by atoms with Crippen LogP contribution >= 0.6 is 8.37 Å². The smallest absolute Gasteiger partial charge is 0.0239 e. The number of nitrogens with one attached hydrogen (secondary N) is 1. The van der Waals surface area contributed by atoms with Crippen LogP contribution in [0, 0.1) is 5.16 Å². The number of hydrogen-bond donors (Lipinski definition) is 1. The standard InChI is InChI=1S/C8H16NP/c1-4-5-6-7-8(2,3)10-9/h4-5,9H,6-7H2,1-3H3/b5-4+. The molecule has 0 unspecified atom stereocenters. The van der Waals surface area contributed by atoms with Crippen molar-refractivity contribution in [2.75, 3.05) is 0 Å². The van der Waals surface area contributed by atoms with E-state index in [4.69, 9.17) is 5.16 Å². The van der Waals surface area contributed by atoms with Gasteiger partial charge in [0.15, 0.2) is 0 Å². The molecule has 0 saturated carbocycles. The summed E-state index contributed by atoms with van der Waals surface area (Å²) in [6.45, 7) is 6.29. The topological polar surface area (TPSA) is 23.9 Å². The molecule has 0 heterocycles. The zero-order valence-corrected chi connectivity index (χ0v) is 7.91. The van der Waals surface area contributed by atoms with E-state index in [0.29, 0.717) is 0 Å². The molecule has 0 radical (unpaired) electrons. The second kappa shape index (κ2) is 4.62. The fraction of sp³-hybridized carbons (Fsp3) is 0.750. The van der Waals surface area contributed by atoms with Gasteiger partial charge in [-0.05, 0) is 19.8 Å². The fourth-order valence-electron chi connectivity index (χ4n) is 0.659. The van der Waals surface area contributed by atoms with Gasteiger partial charge in [-0.3, -0.25) is 5.16 Å². The van der Waals surface area contributed by atoms with E-state index in [1.165, 1.54) is 0 Å². The summed E-state index contributed by atoms with van der Waals surface area (Å²) in [5.41, 5.74) is 0. The monoisotopic (exact) mass is 157 g/mol. The van der Waals surface area contributed by atoms with E-state index in [9.17, 15) is 0 Å². The van der Waals surface area contributed by atoms with Crippen molar-refractivity contribution >= 4 is 8.37 Å². The van der Waals surface area contributed by atoms with Gasteiger partial charge in [-0.2, -0.15) is 0 Å². The van der Waals surface area contributed by atoms with E-state index in [1.807, 2.05) is 6.92 Å². The summed E-state index contributed by atoms with van der Waals surface area (Å²) in [7, 11) is 0.753. The van der Waals surface area contributed by atoms with Crippen molar-refractivity contribution in [3.05, 3.63) is 12.2 Å². The van der Waals surface area contributed by atoms with Gasteiger partial charge in [-0.1, -0.05) is 26.0 Å². The van der Waals surface area contributed by atoms with Crippen molar-refractivity contribution in [1.29, 1.82) is 5.16 Å². The van der Waals surface area contributed by atoms with Crippen LogP contribution in [0.2, 0.25) is 0 Å². The first-order valence-electron chi connectivity index (χ1n) is 3.62. The van der Waals surface area contributed by atoms with E-state index in [-0.39, 0.29) is 5.16 Å². The first-order chi connectivity index (χ1) is 4.62. The van der Waals surface area contributed by atoms with Crippen molar-refractivity contribution in [3.8, 4) is 0 Å². The summed E-state index contributed by atoms with van der Waals surface area (Å²) in [4.78, 5) is 0. The highest BCUT2D eigenvalue weighted by molar-refractivity contribution is 7.27. The molecule has 0 aromatic heterocycles. The molecule has 0 aromatic carbocycles. The third-order valence-electron chi connectivity index (χ3n) is 1.46. The molecule has 0 aromatic rings. The Hall–Kier alpha value is -0.160. The van der Waals surface area contributed by atoms with E-state index in [1.54, 1.807) is 0 Å². The molecule has 0 aliphatic rings. The maximum atomic E-state index is 7.19. The Morgan fingerprint density at radius 1 is 1.50 bits per heavy atom. The van der Waals surface area contributed by atoms with Gasteiger partial charge in [-0.25, -0.2) is 0 Å². The van der Waals surface area contributed by atoms with E-state index in [0.717, 1.165) is 21.2 Å². The largest absolute Gasteiger partial charge is 0.283 e. The van der Waals surface area contributed by atoms with Crippen LogP contribution in [-0.4, -0.2) is 5.16 Å². The Morgan fingerprint density at radius 2 is 2.10 bits per heavy atom. The molecule has 0 aliphatic heterocycles. The van der Waals surface area contributed by atoms with Crippen LogP contribution < -0.4 is 0 Å².